The predicted octanol–water partition coefficient (Wildman–Crippen LogP) is 3.42. The van der Waals surface area contributed by atoms with E-state index in [1.165, 1.54) is 11.1 Å². The first-order chi connectivity index (χ1) is 9.72. The van der Waals surface area contributed by atoms with Gasteiger partial charge in [0.2, 0.25) is 5.95 Å². The molecule has 0 fully saturated rings. The average Bonchev–Trinajstić information content (AvgIpc) is 3.03. The summed E-state index contributed by atoms with van der Waals surface area (Å²) in [6.45, 7) is 0. The fourth-order valence-corrected chi connectivity index (χ4v) is 3.65. The zero-order valence-electron chi connectivity index (χ0n) is 10.3. The summed E-state index contributed by atoms with van der Waals surface area (Å²) in [5.41, 5.74) is 11.1. The fraction of sp³-hybridized carbons (Fsp3) is 0.0714. The Labute approximate surface area is 127 Å². The molecule has 0 bridgehead atoms. The Balaban J connectivity index is 1.98. The van der Waals surface area contributed by atoms with Crippen LogP contribution in [0.2, 0.25) is 0 Å². The van der Waals surface area contributed by atoms with Crippen molar-refractivity contribution in [3.05, 3.63) is 51.2 Å². The zero-order chi connectivity index (χ0) is 13.7. The van der Waals surface area contributed by atoms with Crippen molar-refractivity contribution in [3.63, 3.8) is 0 Å². The molecule has 0 saturated carbocycles. The molecular formula is C14H9BrN4S. The van der Waals surface area contributed by atoms with Crippen LogP contribution in [0.4, 0.5) is 5.95 Å². The molecule has 1 aliphatic rings. The van der Waals surface area contributed by atoms with Gasteiger partial charge in [0.25, 0.3) is 0 Å². The number of nitrogens with zero attached hydrogens (tertiary/aromatic N) is 3. The standard InChI is InChI=1S/C14H9BrN4S/c15-11-5-9-7(6-17-11)1-2-8(9)12-13-10(3-4-20-13)18-14(16)19-12/h2-6H,1H2,(H2,16,18,19). The van der Waals surface area contributed by atoms with Crippen molar-refractivity contribution >= 4 is 49.0 Å². The van der Waals surface area contributed by atoms with Gasteiger partial charge in [-0.25, -0.2) is 15.0 Å². The Morgan fingerprint density at radius 2 is 2.20 bits per heavy atom. The summed E-state index contributed by atoms with van der Waals surface area (Å²) >= 11 is 5.07. The van der Waals surface area contributed by atoms with Gasteiger partial charge in [0.05, 0.1) is 15.9 Å². The van der Waals surface area contributed by atoms with Gasteiger partial charge in [0, 0.05) is 11.8 Å². The Kier molecular flexibility index (Phi) is 2.61. The van der Waals surface area contributed by atoms with Gasteiger partial charge in [-0.05, 0) is 51.0 Å². The highest BCUT2D eigenvalue weighted by Crippen LogP contribution is 2.37. The van der Waals surface area contributed by atoms with E-state index in [4.69, 9.17) is 5.73 Å². The number of hydrogen-bond acceptors (Lipinski definition) is 5. The van der Waals surface area contributed by atoms with Crippen molar-refractivity contribution in [1.82, 2.24) is 15.0 Å². The maximum Gasteiger partial charge on any atom is 0.221 e. The maximum absolute atomic E-state index is 5.83. The van der Waals surface area contributed by atoms with Crippen molar-refractivity contribution in [2.75, 3.05) is 5.73 Å². The number of pyridine rings is 1. The van der Waals surface area contributed by atoms with Gasteiger partial charge in [-0.2, -0.15) is 0 Å². The van der Waals surface area contributed by atoms with Crippen LogP contribution in [0.5, 0.6) is 0 Å². The number of hydrogen-bond donors (Lipinski definition) is 1. The number of anilines is 1. The summed E-state index contributed by atoms with van der Waals surface area (Å²) in [5, 5.41) is 2.02. The van der Waals surface area contributed by atoms with E-state index < -0.39 is 0 Å². The summed E-state index contributed by atoms with van der Waals surface area (Å²) < 4.78 is 1.90. The van der Waals surface area contributed by atoms with E-state index in [2.05, 4.69) is 37.0 Å². The number of halogens is 1. The number of rotatable bonds is 1. The molecule has 4 rings (SSSR count). The third kappa shape index (κ3) is 1.76. The summed E-state index contributed by atoms with van der Waals surface area (Å²) in [5.74, 6) is 0.313. The van der Waals surface area contributed by atoms with Gasteiger partial charge >= 0.3 is 0 Å². The second-order valence-electron chi connectivity index (χ2n) is 4.55. The van der Waals surface area contributed by atoms with Crippen LogP contribution in [0, 0.1) is 0 Å². The van der Waals surface area contributed by atoms with E-state index in [1.807, 2.05) is 23.7 Å². The lowest BCUT2D eigenvalue weighted by Gasteiger charge is -2.07. The maximum atomic E-state index is 5.83. The topological polar surface area (TPSA) is 64.7 Å². The number of fused-ring (bicyclic) bond motifs is 2. The average molecular weight is 345 g/mol. The lowest BCUT2D eigenvalue weighted by Crippen LogP contribution is -1.99. The molecule has 0 aromatic carbocycles. The molecule has 3 aromatic rings. The lowest BCUT2D eigenvalue weighted by molar-refractivity contribution is 1.18. The van der Waals surface area contributed by atoms with Crippen LogP contribution in [0.1, 0.15) is 16.8 Å². The van der Waals surface area contributed by atoms with Gasteiger partial charge in [-0.1, -0.05) is 6.08 Å². The molecule has 0 unspecified atom stereocenters. The number of aromatic nitrogens is 3. The Hall–Kier alpha value is -1.79. The van der Waals surface area contributed by atoms with Crippen molar-refractivity contribution in [3.8, 4) is 0 Å². The molecule has 4 nitrogen and oxygen atoms in total. The van der Waals surface area contributed by atoms with Crippen LogP contribution in [0.15, 0.2) is 34.4 Å². The highest BCUT2D eigenvalue weighted by molar-refractivity contribution is 9.10. The minimum absolute atomic E-state index is 0.313. The molecule has 0 radical (unpaired) electrons. The van der Waals surface area contributed by atoms with E-state index in [0.717, 1.165) is 32.5 Å². The van der Waals surface area contributed by atoms with Crippen LogP contribution in [-0.2, 0) is 6.42 Å². The van der Waals surface area contributed by atoms with Gasteiger partial charge in [-0.3, -0.25) is 0 Å². The summed E-state index contributed by atoms with van der Waals surface area (Å²) in [6.07, 6.45) is 4.96. The molecule has 0 spiro atoms. The second-order valence-corrected chi connectivity index (χ2v) is 6.28. The normalized spacial score (nSPS) is 13.6. The van der Waals surface area contributed by atoms with Gasteiger partial charge < -0.3 is 5.73 Å². The number of nitrogens with two attached hydrogens (primary N) is 1. The first-order valence-electron chi connectivity index (χ1n) is 6.08. The third-order valence-corrected chi connectivity index (χ3v) is 4.69. The molecule has 1 aliphatic carbocycles. The number of allylic oxidation sites excluding steroid dienone is 1. The Bertz CT molecular complexity index is 869. The molecule has 20 heavy (non-hydrogen) atoms. The van der Waals surface area contributed by atoms with Crippen LogP contribution >= 0.6 is 27.3 Å². The zero-order valence-corrected chi connectivity index (χ0v) is 12.7. The Morgan fingerprint density at radius 1 is 1.30 bits per heavy atom. The van der Waals surface area contributed by atoms with E-state index >= 15 is 0 Å². The van der Waals surface area contributed by atoms with Crippen LogP contribution in [-0.4, -0.2) is 15.0 Å². The molecule has 2 N–H and O–H groups in total. The van der Waals surface area contributed by atoms with Crippen molar-refractivity contribution in [1.29, 1.82) is 0 Å². The molecule has 0 atom stereocenters. The molecular weight excluding hydrogens is 336 g/mol. The summed E-state index contributed by atoms with van der Waals surface area (Å²) in [6, 6.07) is 4.01. The van der Waals surface area contributed by atoms with Crippen molar-refractivity contribution in [2.45, 2.75) is 6.42 Å². The highest BCUT2D eigenvalue weighted by atomic mass is 79.9. The van der Waals surface area contributed by atoms with Crippen LogP contribution < -0.4 is 5.73 Å². The quantitative estimate of drug-likeness (QED) is 0.687. The first-order valence-corrected chi connectivity index (χ1v) is 7.75. The molecule has 0 amide bonds. The Morgan fingerprint density at radius 3 is 3.10 bits per heavy atom. The van der Waals surface area contributed by atoms with Crippen LogP contribution in [0.3, 0.4) is 0 Å². The van der Waals surface area contributed by atoms with Crippen LogP contribution in [0.25, 0.3) is 15.8 Å². The van der Waals surface area contributed by atoms with Crippen molar-refractivity contribution < 1.29 is 0 Å². The minimum Gasteiger partial charge on any atom is -0.368 e. The molecule has 6 heteroatoms. The second kappa shape index (κ2) is 4.36. The third-order valence-electron chi connectivity index (χ3n) is 3.35. The summed E-state index contributed by atoms with van der Waals surface area (Å²) in [4.78, 5) is 13.0. The van der Waals surface area contributed by atoms with E-state index in [-0.39, 0.29) is 0 Å². The van der Waals surface area contributed by atoms with E-state index in [0.29, 0.717) is 5.95 Å². The monoisotopic (exact) mass is 344 g/mol. The molecule has 98 valence electrons. The van der Waals surface area contributed by atoms with Crippen molar-refractivity contribution in [2.24, 2.45) is 0 Å². The largest absolute Gasteiger partial charge is 0.368 e. The smallest absolute Gasteiger partial charge is 0.221 e. The van der Waals surface area contributed by atoms with Gasteiger partial charge in [-0.15, -0.1) is 11.3 Å². The predicted molar refractivity (Wildman–Crippen MR) is 84.5 cm³/mol. The van der Waals surface area contributed by atoms with E-state index in [1.54, 1.807) is 11.3 Å². The molecule has 3 aromatic heterocycles. The summed E-state index contributed by atoms with van der Waals surface area (Å²) in [7, 11) is 0. The fourth-order valence-electron chi connectivity index (χ4n) is 2.48. The molecule has 3 heterocycles. The SMILES string of the molecule is Nc1nc(C2=CCc3cnc(Br)cc32)c2sccc2n1. The lowest BCUT2D eigenvalue weighted by atomic mass is 10.1. The molecule has 0 aliphatic heterocycles. The van der Waals surface area contributed by atoms with E-state index in [9.17, 15) is 0 Å². The number of nitrogen functional groups attached to an aromatic ring is 1. The molecule has 0 saturated heterocycles. The highest BCUT2D eigenvalue weighted by Gasteiger charge is 2.20. The minimum atomic E-state index is 0.313. The van der Waals surface area contributed by atoms with Gasteiger partial charge in [0.1, 0.15) is 4.60 Å². The van der Waals surface area contributed by atoms with Gasteiger partial charge in [0.15, 0.2) is 0 Å². The number of thiophene rings is 1. The first kappa shape index (κ1) is 12.0.